The molecule has 6 nitrogen and oxygen atoms in total. The van der Waals surface area contributed by atoms with E-state index in [4.69, 9.17) is 9.47 Å². The fourth-order valence-electron chi connectivity index (χ4n) is 3.03. The largest absolute Gasteiger partial charge is 0.494 e. The van der Waals surface area contributed by atoms with Gasteiger partial charge in [-0.2, -0.15) is 0 Å². The molecule has 138 valence electrons. The molecule has 1 aromatic carbocycles. The van der Waals surface area contributed by atoms with E-state index < -0.39 is 0 Å². The summed E-state index contributed by atoms with van der Waals surface area (Å²) in [4.78, 5) is 21.3. The van der Waals surface area contributed by atoms with Crippen molar-refractivity contribution in [1.82, 2.24) is 4.98 Å². The molecule has 0 unspecified atom stereocenters. The van der Waals surface area contributed by atoms with Crippen molar-refractivity contribution >= 4 is 17.3 Å². The molecule has 1 aliphatic heterocycles. The molecule has 0 spiro atoms. The first-order valence-corrected chi connectivity index (χ1v) is 9.05. The monoisotopic (exact) mass is 355 g/mol. The van der Waals surface area contributed by atoms with E-state index in [2.05, 4.69) is 9.88 Å². The van der Waals surface area contributed by atoms with Gasteiger partial charge in [0, 0.05) is 31.5 Å². The molecule has 6 heteroatoms. The normalized spacial score (nSPS) is 14.2. The van der Waals surface area contributed by atoms with E-state index in [1.165, 1.54) is 0 Å². The van der Waals surface area contributed by atoms with Crippen LogP contribution < -0.4 is 14.5 Å². The second kappa shape index (κ2) is 8.67. The fourth-order valence-corrected chi connectivity index (χ4v) is 3.03. The van der Waals surface area contributed by atoms with Gasteiger partial charge in [-0.25, -0.2) is 0 Å². The van der Waals surface area contributed by atoms with E-state index in [0.717, 1.165) is 30.2 Å². The van der Waals surface area contributed by atoms with Crippen LogP contribution in [0.4, 0.5) is 11.4 Å². The molecular weight excluding hydrogens is 330 g/mol. The first-order valence-electron chi connectivity index (χ1n) is 9.05. The number of hydrogen-bond acceptors (Lipinski definition) is 5. The van der Waals surface area contributed by atoms with Gasteiger partial charge in [-0.15, -0.1) is 0 Å². The quantitative estimate of drug-likeness (QED) is 0.797. The zero-order valence-corrected chi connectivity index (χ0v) is 15.4. The highest BCUT2D eigenvalue weighted by molar-refractivity contribution is 6.06. The SMILES string of the molecule is CCOc1ccc(N(CC)C(=O)c2cncc(N3CCOCC3)c2)cc1. The Morgan fingerprint density at radius 3 is 2.58 bits per heavy atom. The van der Waals surface area contributed by atoms with Crippen molar-refractivity contribution in [1.29, 1.82) is 0 Å². The molecule has 0 aliphatic carbocycles. The minimum absolute atomic E-state index is 0.0562. The van der Waals surface area contributed by atoms with Crippen molar-refractivity contribution in [2.75, 3.05) is 49.3 Å². The molecule has 1 saturated heterocycles. The molecule has 1 fully saturated rings. The summed E-state index contributed by atoms with van der Waals surface area (Å²) in [6.07, 6.45) is 3.43. The number of pyridine rings is 1. The average Bonchev–Trinajstić information content (AvgIpc) is 2.71. The van der Waals surface area contributed by atoms with E-state index in [9.17, 15) is 4.79 Å². The topological polar surface area (TPSA) is 54.9 Å². The number of anilines is 2. The Hall–Kier alpha value is -2.60. The predicted molar refractivity (Wildman–Crippen MR) is 102 cm³/mol. The number of aromatic nitrogens is 1. The summed E-state index contributed by atoms with van der Waals surface area (Å²) in [6.45, 7) is 8.14. The summed E-state index contributed by atoms with van der Waals surface area (Å²) in [5.41, 5.74) is 2.39. The minimum atomic E-state index is -0.0562. The molecule has 0 atom stereocenters. The van der Waals surface area contributed by atoms with Crippen molar-refractivity contribution in [3.8, 4) is 5.75 Å². The van der Waals surface area contributed by atoms with Crippen molar-refractivity contribution in [2.45, 2.75) is 13.8 Å². The second-order valence-corrected chi connectivity index (χ2v) is 6.01. The maximum atomic E-state index is 13.0. The minimum Gasteiger partial charge on any atom is -0.494 e. The fraction of sp³-hybridized carbons (Fsp3) is 0.400. The van der Waals surface area contributed by atoms with Crippen molar-refractivity contribution < 1.29 is 14.3 Å². The second-order valence-electron chi connectivity index (χ2n) is 6.01. The molecule has 2 aromatic rings. The van der Waals surface area contributed by atoms with Crippen LogP contribution in [0, 0.1) is 0 Å². The molecule has 1 aliphatic rings. The van der Waals surface area contributed by atoms with Gasteiger partial charge in [0.25, 0.3) is 5.91 Å². The summed E-state index contributed by atoms with van der Waals surface area (Å²) < 4.78 is 10.9. The molecule has 2 heterocycles. The molecule has 1 aromatic heterocycles. The van der Waals surface area contributed by atoms with Crippen LogP contribution in [0.25, 0.3) is 0 Å². The third-order valence-corrected chi connectivity index (χ3v) is 4.37. The average molecular weight is 355 g/mol. The molecule has 0 radical (unpaired) electrons. The lowest BCUT2D eigenvalue weighted by Gasteiger charge is -2.29. The third kappa shape index (κ3) is 4.14. The van der Waals surface area contributed by atoms with Crippen molar-refractivity contribution in [3.05, 3.63) is 48.3 Å². The van der Waals surface area contributed by atoms with Gasteiger partial charge in [0.15, 0.2) is 0 Å². The van der Waals surface area contributed by atoms with Crippen LogP contribution in [-0.2, 0) is 4.74 Å². The first-order chi connectivity index (χ1) is 12.7. The van der Waals surface area contributed by atoms with Crippen molar-refractivity contribution in [2.24, 2.45) is 0 Å². The van der Waals surface area contributed by atoms with Gasteiger partial charge in [0.2, 0.25) is 0 Å². The van der Waals surface area contributed by atoms with E-state index in [-0.39, 0.29) is 5.91 Å². The van der Waals surface area contributed by atoms with Gasteiger partial charge in [-0.05, 0) is 44.2 Å². The van der Waals surface area contributed by atoms with Gasteiger partial charge in [-0.1, -0.05) is 0 Å². The summed E-state index contributed by atoms with van der Waals surface area (Å²) in [5.74, 6) is 0.745. The first kappa shape index (κ1) is 18.2. The highest BCUT2D eigenvalue weighted by atomic mass is 16.5. The van der Waals surface area contributed by atoms with Crippen molar-refractivity contribution in [3.63, 3.8) is 0 Å². The molecule has 0 bridgehead atoms. The maximum absolute atomic E-state index is 13.0. The zero-order valence-electron chi connectivity index (χ0n) is 15.4. The summed E-state index contributed by atoms with van der Waals surface area (Å²) in [5, 5.41) is 0. The number of morpholine rings is 1. The molecule has 0 N–H and O–H groups in total. The van der Waals surface area contributed by atoms with Crippen LogP contribution in [0.2, 0.25) is 0 Å². The highest BCUT2D eigenvalue weighted by Gasteiger charge is 2.19. The van der Waals surface area contributed by atoms with Crippen LogP contribution in [0.15, 0.2) is 42.7 Å². The Kier molecular flexibility index (Phi) is 6.07. The Labute approximate surface area is 154 Å². The number of hydrogen-bond donors (Lipinski definition) is 0. The van der Waals surface area contributed by atoms with E-state index >= 15 is 0 Å². The Balaban J connectivity index is 1.79. The smallest absolute Gasteiger partial charge is 0.259 e. The van der Waals surface area contributed by atoms with Crippen LogP contribution >= 0.6 is 0 Å². The molecule has 26 heavy (non-hydrogen) atoms. The lowest BCUT2D eigenvalue weighted by atomic mass is 10.2. The molecule has 1 amide bonds. The standard InChI is InChI=1S/C20H25N3O3/c1-3-23(17-5-7-19(8-6-17)26-4-2)20(24)16-13-18(15-21-14-16)22-9-11-25-12-10-22/h5-8,13-15H,3-4,9-12H2,1-2H3. The van der Waals surface area contributed by atoms with Crippen LogP contribution in [-0.4, -0.2) is 50.3 Å². The lowest BCUT2D eigenvalue weighted by Crippen LogP contribution is -2.36. The third-order valence-electron chi connectivity index (χ3n) is 4.37. The number of rotatable bonds is 6. The Morgan fingerprint density at radius 2 is 1.92 bits per heavy atom. The maximum Gasteiger partial charge on any atom is 0.259 e. The van der Waals surface area contributed by atoms with E-state index in [1.54, 1.807) is 17.3 Å². The van der Waals surface area contributed by atoms with Gasteiger partial charge >= 0.3 is 0 Å². The van der Waals surface area contributed by atoms with Gasteiger partial charge in [-0.3, -0.25) is 9.78 Å². The summed E-state index contributed by atoms with van der Waals surface area (Å²) in [6, 6.07) is 9.50. The zero-order chi connectivity index (χ0) is 18.4. The van der Waals surface area contributed by atoms with Crippen LogP contribution in [0.3, 0.4) is 0 Å². The molecule has 0 saturated carbocycles. The number of ether oxygens (including phenoxy) is 2. The number of benzene rings is 1. The summed E-state index contributed by atoms with van der Waals surface area (Å²) in [7, 11) is 0. The summed E-state index contributed by atoms with van der Waals surface area (Å²) >= 11 is 0. The van der Waals surface area contributed by atoms with Crippen LogP contribution in [0.5, 0.6) is 5.75 Å². The van der Waals surface area contributed by atoms with Crippen LogP contribution in [0.1, 0.15) is 24.2 Å². The molecular formula is C20H25N3O3. The van der Waals surface area contributed by atoms with Gasteiger partial charge < -0.3 is 19.3 Å². The Morgan fingerprint density at radius 1 is 1.19 bits per heavy atom. The number of carbonyl (C=O) groups excluding carboxylic acids is 1. The Bertz CT molecular complexity index is 727. The highest BCUT2D eigenvalue weighted by Crippen LogP contribution is 2.23. The number of amides is 1. The van der Waals surface area contributed by atoms with E-state index in [1.807, 2.05) is 44.2 Å². The van der Waals surface area contributed by atoms with Gasteiger partial charge in [0.1, 0.15) is 5.75 Å². The number of nitrogens with zero attached hydrogens (tertiary/aromatic N) is 3. The van der Waals surface area contributed by atoms with E-state index in [0.29, 0.717) is 31.9 Å². The molecule has 3 rings (SSSR count). The van der Waals surface area contributed by atoms with Gasteiger partial charge in [0.05, 0.1) is 37.3 Å². The number of carbonyl (C=O) groups is 1. The predicted octanol–water partition coefficient (Wildman–Crippen LogP) is 2.98. The lowest BCUT2D eigenvalue weighted by molar-refractivity contribution is 0.0988.